The number of hydrogen-bond acceptors (Lipinski definition) is 2. The minimum absolute atomic E-state index is 0.0764. The molecule has 0 fully saturated rings. The highest BCUT2D eigenvalue weighted by molar-refractivity contribution is 5.74. The Morgan fingerprint density at radius 3 is 1.81 bits per heavy atom. The molecule has 2 nitrogen and oxygen atoms in total. The van der Waals surface area contributed by atoms with Crippen molar-refractivity contribution in [2.45, 2.75) is 38.7 Å². The molecule has 0 radical (unpaired) electrons. The minimum Gasteiger partial charge on any atom is -0.429 e. The van der Waals surface area contributed by atoms with Crippen molar-refractivity contribution in [3.63, 3.8) is 0 Å². The number of ether oxygens (including phenoxy) is 1. The fraction of sp³-hybridized carbons (Fsp3) is 0.162. The van der Waals surface area contributed by atoms with Crippen LogP contribution in [0.1, 0.15) is 37.3 Å². The molecule has 4 aromatic carbocycles. The standard InChI is InChI=1S/C37H26F9NO/c1-2-3-4-5-21-6-11-35(47-20-21)23-8-10-26(30(39)15-23)22-7-9-27(29(38)14-22)24-16-31(40)28(32(41)17-24)12-13-37(45,46)48-25-18-33(42)36(44)34(43)19-25/h6-20H,2-5H2,1H3/b13-12+. The van der Waals surface area contributed by atoms with E-state index in [4.69, 9.17) is 0 Å². The van der Waals surface area contributed by atoms with Gasteiger partial charge in [-0.05, 0) is 65.9 Å². The molecular weight excluding hydrogens is 645 g/mol. The maximum Gasteiger partial charge on any atom is 0.419 e. The molecule has 0 aliphatic rings. The fourth-order valence-electron chi connectivity index (χ4n) is 5.01. The molecule has 248 valence electrons. The first kappa shape index (κ1) is 34.3. The molecule has 1 heterocycles. The van der Waals surface area contributed by atoms with E-state index in [0.29, 0.717) is 29.5 Å². The number of benzene rings is 4. The molecule has 0 unspecified atom stereocenters. The third kappa shape index (κ3) is 7.90. The van der Waals surface area contributed by atoms with E-state index in [1.807, 2.05) is 6.07 Å². The molecule has 0 aliphatic carbocycles. The highest BCUT2D eigenvalue weighted by Gasteiger charge is 2.29. The second-order valence-electron chi connectivity index (χ2n) is 10.9. The lowest BCUT2D eigenvalue weighted by Gasteiger charge is -2.15. The van der Waals surface area contributed by atoms with E-state index in [-0.39, 0.29) is 40.5 Å². The lowest BCUT2D eigenvalue weighted by Crippen LogP contribution is -2.21. The Morgan fingerprint density at radius 1 is 0.646 bits per heavy atom. The van der Waals surface area contributed by atoms with E-state index >= 15 is 8.78 Å². The summed E-state index contributed by atoms with van der Waals surface area (Å²) in [5, 5.41) is 0. The van der Waals surface area contributed by atoms with Crippen molar-refractivity contribution >= 4 is 6.08 Å². The third-order valence-corrected chi connectivity index (χ3v) is 7.48. The lowest BCUT2D eigenvalue weighted by atomic mass is 9.97. The van der Waals surface area contributed by atoms with Crippen LogP contribution in [0.25, 0.3) is 39.6 Å². The van der Waals surface area contributed by atoms with E-state index in [1.54, 1.807) is 18.3 Å². The summed E-state index contributed by atoms with van der Waals surface area (Å²) >= 11 is 0. The summed E-state index contributed by atoms with van der Waals surface area (Å²) in [4.78, 5) is 4.43. The van der Waals surface area contributed by atoms with Gasteiger partial charge in [0.25, 0.3) is 0 Å². The van der Waals surface area contributed by atoms with Gasteiger partial charge < -0.3 is 4.74 Å². The maximum absolute atomic E-state index is 15.2. The molecule has 0 bridgehead atoms. The summed E-state index contributed by atoms with van der Waals surface area (Å²) in [6.07, 6.45) is 1.86. The molecule has 48 heavy (non-hydrogen) atoms. The van der Waals surface area contributed by atoms with Gasteiger partial charge in [0.1, 0.15) is 29.0 Å². The summed E-state index contributed by atoms with van der Waals surface area (Å²) in [5.41, 5.74) is 0.939. The SMILES string of the molecule is CCCCCc1ccc(-c2ccc(-c3ccc(-c4cc(F)c(/C=C/C(F)(F)Oc5cc(F)c(F)c(F)c5)c(F)c4)c(F)c3)c(F)c2)nc1. The van der Waals surface area contributed by atoms with Crippen LogP contribution in [0, 0.1) is 40.7 Å². The number of unbranched alkanes of at least 4 members (excludes halogenated alkanes) is 2. The number of hydrogen-bond donors (Lipinski definition) is 0. The van der Waals surface area contributed by atoms with Gasteiger partial charge in [-0.2, -0.15) is 8.78 Å². The van der Waals surface area contributed by atoms with Gasteiger partial charge in [-0.25, -0.2) is 30.7 Å². The number of aromatic nitrogens is 1. The van der Waals surface area contributed by atoms with Crippen LogP contribution in [0.5, 0.6) is 5.75 Å². The lowest BCUT2D eigenvalue weighted by molar-refractivity contribution is -0.131. The van der Waals surface area contributed by atoms with Crippen LogP contribution in [0.15, 0.2) is 85.1 Å². The molecule has 0 aliphatic heterocycles. The van der Waals surface area contributed by atoms with Crippen molar-refractivity contribution in [2.75, 3.05) is 0 Å². The normalized spacial score (nSPS) is 11.8. The summed E-state index contributed by atoms with van der Waals surface area (Å²) in [6.45, 7) is 2.12. The first-order valence-electron chi connectivity index (χ1n) is 14.8. The molecular formula is C37H26F9NO. The molecule has 5 aromatic rings. The zero-order chi connectivity index (χ0) is 34.6. The van der Waals surface area contributed by atoms with Gasteiger partial charge in [-0.1, -0.05) is 50.1 Å². The van der Waals surface area contributed by atoms with Crippen LogP contribution < -0.4 is 4.74 Å². The Morgan fingerprint density at radius 2 is 1.23 bits per heavy atom. The highest BCUT2D eigenvalue weighted by Crippen LogP contribution is 2.34. The summed E-state index contributed by atoms with van der Waals surface area (Å²) < 4.78 is 132. The van der Waals surface area contributed by atoms with E-state index in [9.17, 15) is 30.7 Å². The molecule has 1 aromatic heterocycles. The summed E-state index contributed by atoms with van der Waals surface area (Å²) in [5.74, 6) is -10.8. The quantitative estimate of drug-likeness (QED) is 0.0792. The van der Waals surface area contributed by atoms with Crippen molar-refractivity contribution in [3.8, 4) is 39.3 Å². The second-order valence-corrected chi connectivity index (χ2v) is 10.9. The Balaban J connectivity index is 1.32. The smallest absolute Gasteiger partial charge is 0.419 e. The Kier molecular flexibility index (Phi) is 10.3. The predicted octanol–water partition coefficient (Wildman–Crippen LogP) is 11.5. The molecule has 0 spiro atoms. The van der Waals surface area contributed by atoms with Crippen LogP contribution in [-0.4, -0.2) is 11.1 Å². The van der Waals surface area contributed by atoms with Crippen molar-refractivity contribution in [1.82, 2.24) is 4.98 Å². The van der Waals surface area contributed by atoms with Crippen molar-refractivity contribution in [2.24, 2.45) is 0 Å². The van der Waals surface area contributed by atoms with Crippen LogP contribution in [0.3, 0.4) is 0 Å². The Labute approximate surface area is 270 Å². The van der Waals surface area contributed by atoms with Crippen LogP contribution in [0.4, 0.5) is 39.5 Å². The molecule has 0 atom stereocenters. The number of pyridine rings is 1. The number of nitrogens with zero attached hydrogens (tertiary/aromatic N) is 1. The predicted molar refractivity (Wildman–Crippen MR) is 165 cm³/mol. The Hall–Kier alpha value is -5.06. The summed E-state index contributed by atoms with van der Waals surface area (Å²) in [6, 6.07) is 13.5. The first-order chi connectivity index (χ1) is 22.8. The van der Waals surface area contributed by atoms with Crippen molar-refractivity contribution in [1.29, 1.82) is 0 Å². The molecule has 0 saturated heterocycles. The van der Waals surface area contributed by atoms with Crippen LogP contribution in [-0.2, 0) is 6.42 Å². The van der Waals surface area contributed by atoms with Crippen molar-refractivity contribution in [3.05, 3.63) is 137 Å². The maximum atomic E-state index is 15.2. The van der Waals surface area contributed by atoms with E-state index < -0.39 is 58.1 Å². The van der Waals surface area contributed by atoms with E-state index in [1.165, 1.54) is 24.3 Å². The topological polar surface area (TPSA) is 22.1 Å². The Bertz CT molecular complexity index is 1930. The molecule has 5 rings (SSSR count). The van der Waals surface area contributed by atoms with Gasteiger partial charge in [0.05, 0.1) is 5.69 Å². The van der Waals surface area contributed by atoms with Gasteiger partial charge >= 0.3 is 6.11 Å². The first-order valence-corrected chi connectivity index (χ1v) is 14.8. The van der Waals surface area contributed by atoms with Gasteiger partial charge in [0, 0.05) is 46.7 Å². The van der Waals surface area contributed by atoms with Crippen LogP contribution >= 0.6 is 0 Å². The zero-order valence-corrected chi connectivity index (χ0v) is 25.2. The number of rotatable bonds is 11. The molecule has 0 N–H and O–H groups in total. The van der Waals surface area contributed by atoms with Gasteiger partial charge in [0.15, 0.2) is 17.5 Å². The number of alkyl halides is 2. The van der Waals surface area contributed by atoms with Gasteiger partial charge in [0.2, 0.25) is 0 Å². The fourth-order valence-corrected chi connectivity index (χ4v) is 5.01. The molecule has 11 heteroatoms. The average Bonchev–Trinajstić information content (AvgIpc) is 3.03. The highest BCUT2D eigenvalue weighted by atomic mass is 19.3. The van der Waals surface area contributed by atoms with Gasteiger partial charge in [-0.15, -0.1) is 0 Å². The van der Waals surface area contributed by atoms with Gasteiger partial charge in [-0.3, -0.25) is 4.98 Å². The zero-order valence-electron chi connectivity index (χ0n) is 25.2. The van der Waals surface area contributed by atoms with Crippen molar-refractivity contribution < 1.29 is 44.3 Å². The van der Waals surface area contributed by atoms with E-state index in [0.717, 1.165) is 37.3 Å². The summed E-state index contributed by atoms with van der Waals surface area (Å²) in [7, 11) is 0. The van der Waals surface area contributed by atoms with Crippen LogP contribution in [0.2, 0.25) is 0 Å². The molecule has 0 amide bonds. The minimum atomic E-state index is -4.32. The average molecular weight is 672 g/mol. The number of halogens is 9. The largest absolute Gasteiger partial charge is 0.429 e. The van der Waals surface area contributed by atoms with E-state index in [2.05, 4.69) is 16.6 Å². The molecule has 0 saturated carbocycles. The monoisotopic (exact) mass is 671 g/mol. The number of aryl methyl sites for hydroxylation is 1. The second kappa shape index (κ2) is 14.4. The third-order valence-electron chi connectivity index (χ3n) is 7.48.